The number of rotatable bonds is 11. The van der Waals surface area contributed by atoms with Gasteiger partial charge in [0.25, 0.3) is 0 Å². The minimum absolute atomic E-state index is 0.855. The van der Waals surface area contributed by atoms with Crippen LogP contribution in [0.2, 0.25) is 0 Å². The van der Waals surface area contributed by atoms with Crippen LogP contribution in [0.5, 0.6) is 0 Å². The lowest BCUT2D eigenvalue weighted by Crippen LogP contribution is -2.01. The molecule has 0 aromatic rings. The summed E-state index contributed by atoms with van der Waals surface area (Å²) in [6.07, 6.45) is 13.4. The van der Waals surface area contributed by atoms with Crippen molar-refractivity contribution in [2.24, 2.45) is 17.8 Å². The molecule has 0 nitrogen and oxygen atoms in total. The van der Waals surface area contributed by atoms with Gasteiger partial charge in [0.1, 0.15) is 0 Å². The van der Waals surface area contributed by atoms with E-state index >= 15 is 0 Å². The molecule has 19 heavy (non-hydrogen) atoms. The van der Waals surface area contributed by atoms with E-state index in [1.165, 1.54) is 51.4 Å². The molecule has 0 aromatic heterocycles. The Hall–Kier alpha value is -0.260. The highest BCUT2D eigenvalue weighted by molar-refractivity contribution is 4.97. The summed E-state index contributed by atoms with van der Waals surface area (Å²) in [7, 11) is 0. The van der Waals surface area contributed by atoms with E-state index in [0.29, 0.717) is 0 Å². The predicted octanol–water partition coefficient (Wildman–Crippen LogP) is 7.00. The molecule has 1 unspecified atom stereocenters. The van der Waals surface area contributed by atoms with E-state index in [4.69, 9.17) is 0 Å². The minimum Gasteiger partial charge on any atom is -0.0856 e. The Balaban J connectivity index is 3.77. The van der Waals surface area contributed by atoms with Crippen molar-refractivity contribution in [1.29, 1.82) is 0 Å². The van der Waals surface area contributed by atoms with Gasteiger partial charge < -0.3 is 0 Å². The molecule has 0 aliphatic rings. The molecule has 0 heteroatoms. The molecule has 0 aliphatic carbocycles. The van der Waals surface area contributed by atoms with Crippen molar-refractivity contribution in [1.82, 2.24) is 0 Å². The number of hydrogen-bond acceptors (Lipinski definition) is 0. The zero-order valence-corrected chi connectivity index (χ0v) is 14.5. The lowest BCUT2D eigenvalue weighted by Gasteiger charge is -2.15. The van der Waals surface area contributed by atoms with E-state index in [1.54, 1.807) is 5.57 Å². The van der Waals surface area contributed by atoms with Gasteiger partial charge in [-0.05, 0) is 50.4 Å². The lowest BCUT2D eigenvalue weighted by atomic mass is 9.91. The fourth-order valence-electron chi connectivity index (χ4n) is 2.58. The Labute approximate surface area is 123 Å². The fraction of sp³-hybridized carbons (Fsp3) is 0.895. The van der Waals surface area contributed by atoms with Crippen LogP contribution in [0.25, 0.3) is 0 Å². The summed E-state index contributed by atoms with van der Waals surface area (Å²) in [4.78, 5) is 0. The van der Waals surface area contributed by atoms with Gasteiger partial charge in [-0.25, -0.2) is 0 Å². The summed E-state index contributed by atoms with van der Waals surface area (Å²) in [5.74, 6) is 2.66. The first-order chi connectivity index (χ1) is 8.95. The van der Waals surface area contributed by atoms with Gasteiger partial charge in [-0.3, -0.25) is 0 Å². The second kappa shape index (κ2) is 11.6. The highest BCUT2D eigenvalue weighted by atomic mass is 14.1. The summed E-state index contributed by atoms with van der Waals surface area (Å²) in [5.41, 5.74) is 1.61. The van der Waals surface area contributed by atoms with E-state index in [9.17, 15) is 0 Å². The largest absolute Gasteiger partial charge is 0.0856 e. The zero-order valence-electron chi connectivity index (χ0n) is 14.5. The van der Waals surface area contributed by atoms with Gasteiger partial charge in [0.15, 0.2) is 0 Å². The Morgan fingerprint density at radius 3 is 2.05 bits per heavy atom. The molecule has 0 rings (SSSR count). The molecule has 0 N–H and O–H groups in total. The van der Waals surface area contributed by atoms with Crippen LogP contribution in [-0.4, -0.2) is 0 Å². The molecule has 0 aliphatic heterocycles. The van der Waals surface area contributed by atoms with Gasteiger partial charge in [-0.2, -0.15) is 0 Å². The van der Waals surface area contributed by atoms with Gasteiger partial charge in [0.05, 0.1) is 0 Å². The maximum Gasteiger partial charge on any atom is -0.0323 e. The van der Waals surface area contributed by atoms with Crippen LogP contribution in [0, 0.1) is 17.8 Å². The van der Waals surface area contributed by atoms with Gasteiger partial charge in [-0.1, -0.05) is 72.0 Å². The Kier molecular flexibility index (Phi) is 11.4. The monoisotopic (exact) mass is 266 g/mol. The van der Waals surface area contributed by atoms with Crippen molar-refractivity contribution in [2.45, 2.75) is 92.9 Å². The third kappa shape index (κ3) is 12.5. The summed E-state index contributed by atoms with van der Waals surface area (Å²) < 4.78 is 0. The van der Waals surface area contributed by atoms with E-state index in [1.807, 2.05) is 0 Å². The molecule has 0 saturated carbocycles. The first-order valence-electron chi connectivity index (χ1n) is 8.61. The SMILES string of the molecule is CCC(CCC=C(C)CCCC(C)C)CCC(C)C. The highest BCUT2D eigenvalue weighted by Crippen LogP contribution is 2.21. The summed E-state index contributed by atoms with van der Waals surface area (Å²) >= 11 is 0. The van der Waals surface area contributed by atoms with Crippen LogP contribution in [0.3, 0.4) is 0 Å². The van der Waals surface area contributed by atoms with Gasteiger partial charge in [0.2, 0.25) is 0 Å². The average molecular weight is 267 g/mol. The molecule has 0 saturated heterocycles. The summed E-state index contributed by atoms with van der Waals surface area (Å²) in [6.45, 7) is 14.0. The lowest BCUT2D eigenvalue weighted by molar-refractivity contribution is 0.393. The molecule has 114 valence electrons. The molecule has 0 heterocycles. The second-order valence-electron chi connectivity index (χ2n) is 7.16. The second-order valence-corrected chi connectivity index (χ2v) is 7.16. The van der Waals surface area contributed by atoms with Crippen molar-refractivity contribution in [3.63, 3.8) is 0 Å². The molecular weight excluding hydrogens is 228 g/mol. The van der Waals surface area contributed by atoms with Crippen molar-refractivity contribution < 1.29 is 0 Å². The fourth-order valence-corrected chi connectivity index (χ4v) is 2.58. The molecule has 0 bridgehead atoms. The molecule has 0 fully saturated rings. The zero-order chi connectivity index (χ0) is 14.7. The predicted molar refractivity (Wildman–Crippen MR) is 89.5 cm³/mol. The Bertz CT molecular complexity index is 222. The number of hydrogen-bond donors (Lipinski definition) is 0. The molecule has 0 radical (unpaired) electrons. The first kappa shape index (κ1) is 18.7. The maximum absolute atomic E-state index is 2.50. The molecule has 0 spiro atoms. The minimum atomic E-state index is 0.855. The topological polar surface area (TPSA) is 0 Å². The molecule has 0 aromatic carbocycles. The quantitative estimate of drug-likeness (QED) is 0.353. The van der Waals surface area contributed by atoms with E-state index in [0.717, 1.165) is 17.8 Å². The van der Waals surface area contributed by atoms with Crippen LogP contribution in [0.4, 0.5) is 0 Å². The molecular formula is C19H38. The average Bonchev–Trinajstić information content (AvgIpc) is 2.32. The third-order valence-electron chi connectivity index (χ3n) is 4.15. The maximum atomic E-state index is 2.50. The Morgan fingerprint density at radius 2 is 1.53 bits per heavy atom. The van der Waals surface area contributed by atoms with Crippen LogP contribution in [0.15, 0.2) is 11.6 Å². The number of allylic oxidation sites excluding steroid dienone is 2. The molecule has 0 amide bonds. The van der Waals surface area contributed by atoms with Crippen molar-refractivity contribution >= 4 is 0 Å². The van der Waals surface area contributed by atoms with E-state index in [2.05, 4.69) is 47.6 Å². The van der Waals surface area contributed by atoms with Crippen molar-refractivity contribution in [3.8, 4) is 0 Å². The van der Waals surface area contributed by atoms with Crippen LogP contribution in [-0.2, 0) is 0 Å². The standard InChI is InChI=1S/C19H38/c1-7-19(15-14-17(4)5)13-9-12-18(6)11-8-10-16(2)3/h12,16-17,19H,7-11,13-15H2,1-6H3. The van der Waals surface area contributed by atoms with Crippen LogP contribution < -0.4 is 0 Å². The summed E-state index contributed by atoms with van der Waals surface area (Å²) in [5, 5.41) is 0. The summed E-state index contributed by atoms with van der Waals surface area (Å²) in [6, 6.07) is 0. The van der Waals surface area contributed by atoms with E-state index in [-0.39, 0.29) is 0 Å². The normalized spacial score (nSPS) is 14.4. The first-order valence-corrected chi connectivity index (χ1v) is 8.61. The van der Waals surface area contributed by atoms with Crippen molar-refractivity contribution in [3.05, 3.63) is 11.6 Å². The van der Waals surface area contributed by atoms with E-state index < -0.39 is 0 Å². The van der Waals surface area contributed by atoms with Gasteiger partial charge >= 0.3 is 0 Å². The van der Waals surface area contributed by atoms with Gasteiger partial charge in [-0.15, -0.1) is 0 Å². The van der Waals surface area contributed by atoms with Crippen LogP contribution >= 0.6 is 0 Å². The molecule has 1 atom stereocenters. The third-order valence-corrected chi connectivity index (χ3v) is 4.15. The van der Waals surface area contributed by atoms with Crippen LogP contribution in [0.1, 0.15) is 92.9 Å². The Morgan fingerprint density at radius 1 is 0.895 bits per heavy atom. The smallest absolute Gasteiger partial charge is 0.0323 e. The van der Waals surface area contributed by atoms with Crippen molar-refractivity contribution in [2.75, 3.05) is 0 Å². The van der Waals surface area contributed by atoms with Gasteiger partial charge in [0, 0.05) is 0 Å². The highest BCUT2D eigenvalue weighted by Gasteiger charge is 2.06.